The van der Waals surface area contributed by atoms with E-state index in [-0.39, 0.29) is 5.91 Å². The fraction of sp³-hybridized carbons (Fsp3) is 0.611. The van der Waals surface area contributed by atoms with E-state index in [0.29, 0.717) is 18.5 Å². The summed E-state index contributed by atoms with van der Waals surface area (Å²) in [6, 6.07) is 8.86. The molecule has 1 aliphatic carbocycles. The lowest BCUT2D eigenvalue weighted by atomic mass is 9.86. The molecule has 3 nitrogen and oxygen atoms in total. The van der Waals surface area contributed by atoms with Gasteiger partial charge in [-0.05, 0) is 43.2 Å². The quantitative estimate of drug-likeness (QED) is 0.926. The molecule has 3 rings (SSSR count). The fourth-order valence-electron chi connectivity index (χ4n) is 3.73. The van der Waals surface area contributed by atoms with Crippen LogP contribution in [0.1, 0.15) is 44.6 Å². The molecule has 0 saturated heterocycles. The van der Waals surface area contributed by atoms with Crippen LogP contribution in [0.3, 0.4) is 0 Å². The number of hydrogen-bond acceptors (Lipinski definition) is 2. The molecule has 2 aliphatic rings. The molecule has 0 aromatic heterocycles. The number of hydrogen-bond donors (Lipinski definition) is 1. The molecular weight excluding hydrogens is 260 g/mol. The number of carbonyl (C=O) groups is 1. The summed E-state index contributed by atoms with van der Waals surface area (Å²) in [6.07, 6.45) is 7.23. The zero-order valence-corrected chi connectivity index (χ0v) is 13.0. The first-order valence-corrected chi connectivity index (χ1v) is 8.36. The van der Waals surface area contributed by atoms with Crippen LogP contribution in [0.4, 0.5) is 5.69 Å². The summed E-state index contributed by atoms with van der Waals surface area (Å²) in [5, 5.41) is 3.27. The van der Waals surface area contributed by atoms with Crippen molar-refractivity contribution in [3.8, 4) is 0 Å². The molecule has 1 aromatic rings. The van der Waals surface area contributed by atoms with Gasteiger partial charge in [0.1, 0.15) is 0 Å². The molecule has 1 aliphatic heterocycles. The molecule has 1 saturated carbocycles. The molecule has 0 bridgehead atoms. The number of rotatable bonds is 3. The molecule has 114 valence electrons. The van der Waals surface area contributed by atoms with Crippen LogP contribution in [0, 0.1) is 5.92 Å². The van der Waals surface area contributed by atoms with Crippen molar-refractivity contribution in [3.05, 3.63) is 29.8 Å². The van der Waals surface area contributed by atoms with E-state index in [9.17, 15) is 4.79 Å². The third-order valence-corrected chi connectivity index (χ3v) is 5.00. The van der Waals surface area contributed by atoms with Crippen molar-refractivity contribution < 1.29 is 4.79 Å². The molecule has 2 atom stereocenters. The maximum Gasteiger partial charge on any atom is 0.239 e. The summed E-state index contributed by atoms with van der Waals surface area (Å²) in [5.74, 6) is 0.807. The number of nitrogens with zero attached hydrogens (tertiary/aromatic N) is 1. The second-order valence-electron chi connectivity index (χ2n) is 6.59. The number of nitrogens with one attached hydrogen (secondary N) is 1. The zero-order chi connectivity index (χ0) is 14.7. The Morgan fingerprint density at radius 2 is 2.05 bits per heavy atom. The maximum atomic E-state index is 12.4. The molecule has 0 spiro atoms. The minimum absolute atomic E-state index is 0.186. The van der Waals surface area contributed by atoms with Crippen LogP contribution < -0.4 is 10.2 Å². The zero-order valence-electron chi connectivity index (χ0n) is 13.0. The smallest absolute Gasteiger partial charge is 0.239 e. The van der Waals surface area contributed by atoms with Crippen molar-refractivity contribution in [1.82, 2.24) is 5.32 Å². The highest BCUT2D eigenvalue weighted by Crippen LogP contribution is 2.27. The molecule has 1 heterocycles. The molecule has 21 heavy (non-hydrogen) atoms. The number of carbonyl (C=O) groups excluding carboxylic acids is 1. The van der Waals surface area contributed by atoms with Crippen molar-refractivity contribution in [3.63, 3.8) is 0 Å². The second-order valence-corrected chi connectivity index (χ2v) is 6.59. The van der Waals surface area contributed by atoms with Gasteiger partial charge in [0, 0.05) is 18.3 Å². The van der Waals surface area contributed by atoms with Crippen LogP contribution in [-0.2, 0) is 11.2 Å². The van der Waals surface area contributed by atoms with Gasteiger partial charge >= 0.3 is 0 Å². The van der Waals surface area contributed by atoms with Crippen LogP contribution in [0.2, 0.25) is 0 Å². The van der Waals surface area contributed by atoms with Crippen LogP contribution in [0.5, 0.6) is 0 Å². The first-order valence-electron chi connectivity index (χ1n) is 8.36. The van der Waals surface area contributed by atoms with Crippen molar-refractivity contribution in [2.75, 3.05) is 18.0 Å². The van der Waals surface area contributed by atoms with Crippen LogP contribution in [0.25, 0.3) is 0 Å². The van der Waals surface area contributed by atoms with E-state index in [1.807, 2.05) is 0 Å². The predicted molar refractivity (Wildman–Crippen MR) is 86.5 cm³/mol. The predicted octanol–water partition coefficient (Wildman–Crippen LogP) is 3.13. The van der Waals surface area contributed by atoms with E-state index in [4.69, 9.17) is 0 Å². The van der Waals surface area contributed by atoms with Gasteiger partial charge in [0.2, 0.25) is 5.91 Å². The summed E-state index contributed by atoms with van der Waals surface area (Å²) in [5.41, 5.74) is 2.62. The normalized spacial score (nSPS) is 25.3. The highest BCUT2D eigenvalue weighted by atomic mass is 16.2. The minimum atomic E-state index is 0.186. The molecule has 1 aromatic carbocycles. The summed E-state index contributed by atoms with van der Waals surface area (Å²) in [4.78, 5) is 14.6. The Morgan fingerprint density at radius 1 is 1.24 bits per heavy atom. The number of anilines is 1. The Hall–Kier alpha value is -1.51. The highest BCUT2D eigenvalue weighted by molar-refractivity contribution is 5.82. The van der Waals surface area contributed by atoms with Crippen LogP contribution in [-0.4, -0.2) is 25.0 Å². The third-order valence-electron chi connectivity index (χ3n) is 5.00. The van der Waals surface area contributed by atoms with Crippen molar-refractivity contribution >= 4 is 11.6 Å². The van der Waals surface area contributed by atoms with E-state index in [1.165, 1.54) is 30.5 Å². The van der Waals surface area contributed by atoms with Gasteiger partial charge in [-0.3, -0.25) is 4.79 Å². The summed E-state index contributed by atoms with van der Waals surface area (Å²) < 4.78 is 0. The summed E-state index contributed by atoms with van der Waals surface area (Å²) in [6.45, 7) is 3.76. The number of para-hydroxylation sites is 1. The van der Waals surface area contributed by atoms with Gasteiger partial charge in [0.05, 0.1) is 6.54 Å². The lowest BCUT2D eigenvalue weighted by molar-refractivity contribution is -0.121. The average Bonchev–Trinajstić information content (AvgIpc) is 2.50. The van der Waals surface area contributed by atoms with Crippen molar-refractivity contribution in [2.45, 2.75) is 51.5 Å². The first-order chi connectivity index (χ1) is 10.2. The maximum absolute atomic E-state index is 12.4. The topological polar surface area (TPSA) is 32.3 Å². The number of benzene rings is 1. The average molecular weight is 286 g/mol. The van der Waals surface area contributed by atoms with Crippen LogP contribution in [0.15, 0.2) is 24.3 Å². The molecule has 3 heteroatoms. The lowest BCUT2D eigenvalue weighted by Gasteiger charge is -2.33. The first kappa shape index (κ1) is 14.4. The van der Waals surface area contributed by atoms with Gasteiger partial charge in [-0.2, -0.15) is 0 Å². The van der Waals surface area contributed by atoms with Crippen LogP contribution >= 0.6 is 0 Å². The van der Waals surface area contributed by atoms with Gasteiger partial charge in [0.15, 0.2) is 0 Å². The number of aryl methyl sites for hydroxylation is 1. The van der Waals surface area contributed by atoms with E-state index in [0.717, 1.165) is 25.8 Å². The highest BCUT2D eigenvalue weighted by Gasteiger charge is 2.24. The van der Waals surface area contributed by atoms with Gasteiger partial charge in [-0.25, -0.2) is 0 Å². The molecular formula is C18H26N2O. The Kier molecular flexibility index (Phi) is 4.47. The molecule has 1 amide bonds. The largest absolute Gasteiger partial charge is 0.362 e. The summed E-state index contributed by atoms with van der Waals surface area (Å²) >= 11 is 0. The van der Waals surface area contributed by atoms with Gasteiger partial charge < -0.3 is 10.2 Å². The Morgan fingerprint density at radius 3 is 2.90 bits per heavy atom. The third kappa shape index (κ3) is 3.39. The number of amides is 1. The molecule has 1 N–H and O–H groups in total. The SMILES string of the molecule is C[C@@H]1CCCC[C@@H]1NC(=O)CN1CCCc2ccccc21. The summed E-state index contributed by atoms with van der Waals surface area (Å²) in [7, 11) is 0. The van der Waals surface area contributed by atoms with Gasteiger partial charge in [-0.1, -0.05) is 38.0 Å². The number of fused-ring (bicyclic) bond motifs is 1. The fourth-order valence-corrected chi connectivity index (χ4v) is 3.73. The van der Waals surface area contributed by atoms with Crippen molar-refractivity contribution in [1.29, 1.82) is 0 Å². The van der Waals surface area contributed by atoms with Gasteiger partial charge in [0.25, 0.3) is 0 Å². The second kappa shape index (κ2) is 6.50. The van der Waals surface area contributed by atoms with E-state index >= 15 is 0 Å². The Labute approximate surface area is 127 Å². The molecule has 0 unspecified atom stereocenters. The minimum Gasteiger partial charge on any atom is -0.362 e. The standard InChI is InChI=1S/C18H26N2O/c1-14-7-2-4-10-16(14)19-18(21)13-20-12-6-9-15-8-3-5-11-17(15)20/h3,5,8,11,14,16H,2,4,6-7,9-10,12-13H2,1H3,(H,19,21)/t14-,16+/m1/s1. The Balaban J connectivity index is 1.60. The van der Waals surface area contributed by atoms with E-state index in [2.05, 4.69) is 41.4 Å². The Bertz CT molecular complexity index is 500. The lowest BCUT2D eigenvalue weighted by Crippen LogP contribution is -2.46. The molecule has 0 radical (unpaired) electrons. The monoisotopic (exact) mass is 286 g/mol. The van der Waals surface area contributed by atoms with E-state index in [1.54, 1.807) is 0 Å². The van der Waals surface area contributed by atoms with E-state index < -0.39 is 0 Å². The van der Waals surface area contributed by atoms with Crippen molar-refractivity contribution in [2.24, 2.45) is 5.92 Å². The van der Waals surface area contributed by atoms with Gasteiger partial charge in [-0.15, -0.1) is 0 Å². The molecule has 1 fully saturated rings.